The predicted octanol–water partition coefficient (Wildman–Crippen LogP) is 1.95. The molecule has 1 fully saturated rings. The molecule has 0 bridgehead atoms. The van der Waals surface area contributed by atoms with Crippen molar-refractivity contribution < 1.29 is 9.90 Å². The van der Waals surface area contributed by atoms with Crippen LogP contribution in [0.4, 0.5) is 0 Å². The number of amides is 1. The Bertz CT molecular complexity index is 416. The number of aromatic hydroxyl groups is 1. The van der Waals surface area contributed by atoms with Crippen LogP contribution in [-0.2, 0) is 11.2 Å². The van der Waals surface area contributed by atoms with Crippen molar-refractivity contribution in [2.75, 3.05) is 12.8 Å². The number of nitrogens with one attached hydrogen (secondary N) is 1. The minimum atomic E-state index is 0.0240. The van der Waals surface area contributed by atoms with Crippen molar-refractivity contribution in [3.8, 4) is 5.75 Å². The van der Waals surface area contributed by atoms with Gasteiger partial charge in [-0.15, -0.1) is 0 Å². The van der Waals surface area contributed by atoms with Gasteiger partial charge in [0.2, 0.25) is 5.91 Å². The summed E-state index contributed by atoms with van der Waals surface area (Å²) < 4.78 is 0.300. The average molecular weight is 251 g/mol. The highest BCUT2D eigenvalue weighted by atomic mass is 32.2. The molecule has 1 saturated carbocycles. The number of thioether (sulfide) groups is 1. The molecule has 0 aliphatic heterocycles. The summed E-state index contributed by atoms with van der Waals surface area (Å²) >= 11 is 1.83. The summed E-state index contributed by atoms with van der Waals surface area (Å²) in [6.45, 7) is 0.756. The van der Waals surface area contributed by atoms with Gasteiger partial charge >= 0.3 is 0 Å². The van der Waals surface area contributed by atoms with Crippen LogP contribution in [0.1, 0.15) is 18.4 Å². The van der Waals surface area contributed by atoms with Crippen LogP contribution in [0.15, 0.2) is 24.3 Å². The van der Waals surface area contributed by atoms with E-state index in [1.54, 1.807) is 18.2 Å². The molecule has 0 atom stereocenters. The van der Waals surface area contributed by atoms with E-state index in [-0.39, 0.29) is 11.7 Å². The third kappa shape index (κ3) is 3.40. The summed E-state index contributed by atoms with van der Waals surface area (Å²) in [5.41, 5.74) is 0.844. The van der Waals surface area contributed by atoms with Gasteiger partial charge in [0, 0.05) is 11.3 Å². The van der Waals surface area contributed by atoms with E-state index in [1.165, 1.54) is 12.8 Å². The largest absolute Gasteiger partial charge is 0.508 e. The minimum absolute atomic E-state index is 0.0240. The summed E-state index contributed by atoms with van der Waals surface area (Å²) in [6.07, 6.45) is 4.81. The normalized spacial score (nSPS) is 16.5. The summed E-state index contributed by atoms with van der Waals surface area (Å²) in [4.78, 5) is 11.7. The number of hydrogen-bond acceptors (Lipinski definition) is 3. The Labute approximate surface area is 106 Å². The number of carbonyl (C=O) groups excluding carboxylic acids is 1. The lowest BCUT2D eigenvalue weighted by atomic mass is 10.1. The van der Waals surface area contributed by atoms with Crippen LogP contribution in [0, 0.1) is 0 Å². The van der Waals surface area contributed by atoms with Crippen LogP contribution in [0.25, 0.3) is 0 Å². The number of rotatable bonds is 5. The van der Waals surface area contributed by atoms with Crippen molar-refractivity contribution in [3.63, 3.8) is 0 Å². The summed E-state index contributed by atoms with van der Waals surface area (Å²) in [5, 5.41) is 12.3. The lowest BCUT2D eigenvalue weighted by Crippen LogP contribution is -2.32. The van der Waals surface area contributed by atoms with Gasteiger partial charge in [-0.25, -0.2) is 0 Å². The van der Waals surface area contributed by atoms with E-state index in [9.17, 15) is 9.90 Å². The smallest absolute Gasteiger partial charge is 0.224 e. The van der Waals surface area contributed by atoms with Gasteiger partial charge in [-0.1, -0.05) is 12.1 Å². The molecule has 1 amide bonds. The first-order valence-electron chi connectivity index (χ1n) is 5.73. The fraction of sp³-hybridized carbons (Fsp3) is 0.462. The van der Waals surface area contributed by atoms with E-state index in [0.717, 1.165) is 12.1 Å². The summed E-state index contributed by atoms with van der Waals surface area (Å²) in [7, 11) is 0. The fourth-order valence-corrected chi connectivity index (χ4v) is 2.49. The highest BCUT2D eigenvalue weighted by Crippen LogP contribution is 2.46. The molecule has 1 aromatic rings. The fourth-order valence-electron chi connectivity index (χ4n) is 1.77. The Morgan fingerprint density at radius 1 is 1.53 bits per heavy atom. The predicted molar refractivity (Wildman–Crippen MR) is 70.3 cm³/mol. The number of carbonyl (C=O) groups is 1. The molecule has 1 aliphatic carbocycles. The second-order valence-electron chi connectivity index (χ2n) is 4.51. The van der Waals surface area contributed by atoms with E-state index >= 15 is 0 Å². The van der Waals surface area contributed by atoms with E-state index in [4.69, 9.17) is 0 Å². The maximum absolute atomic E-state index is 11.7. The molecule has 92 valence electrons. The minimum Gasteiger partial charge on any atom is -0.508 e. The molecule has 0 unspecified atom stereocenters. The first-order valence-corrected chi connectivity index (χ1v) is 6.96. The second kappa shape index (κ2) is 5.00. The van der Waals surface area contributed by atoms with Crippen molar-refractivity contribution in [2.24, 2.45) is 0 Å². The molecule has 0 radical (unpaired) electrons. The highest BCUT2D eigenvalue weighted by molar-refractivity contribution is 8.00. The summed E-state index contributed by atoms with van der Waals surface area (Å²) in [5.74, 6) is 0.231. The van der Waals surface area contributed by atoms with E-state index in [1.807, 2.05) is 17.8 Å². The molecule has 0 saturated heterocycles. The van der Waals surface area contributed by atoms with Crippen molar-refractivity contribution >= 4 is 17.7 Å². The van der Waals surface area contributed by atoms with Crippen LogP contribution in [-0.4, -0.2) is 28.6 Å². The zero-order chi connectivity index (χ0) is 12.3. The first kappa shape index (κ1) is 12.3. The molecule has 4 heteroatoms. The molecule has 1 aliphatic rings. The Morgan fingerprint density at radius 2 is 2.29 bits per heavy atom. The van der Waals surface area contributed by atoms with E-state index in [0.29, 0.717) is 11.2 Å². The van der Waals surface area contributed by atoms with E-state index in [2.05, 4.69) is 11.6 Å². The van der Waals surface area contributed by atoms with Gasteiger partial charge in [-0.2, -0.15) is 11.8 Å². The van der Waals surface area contributed by atoms with Crippen LogP contribution in [0.5, 0.6) is 5.75 Å². The van der Waals surface area contributed by atoms with Gasteiger partial charge in [0.25, 0.3) is 0 Å². The quantitative estimate of drug-likeness (QED) is 0.841. The van der Waals surface area contributed by atoms with Gasteiger partial charge in [-0.3, -0.25) is 4.79 Å². The van der Waals surface area contributed by atoms with Crippen molar-refractivity contribution in [3.05, 3.63) is 29.8 Å². The van der Waals surface area contributed by atoms with Crippen molar-refractivity contribution in [1.29, 1.82) is 0 Å². The third-order valence-electron chi connectivity index (χ3n) is 3.12. The third-order valence-corrected chi connectivity index (χ3v) is 4.54. The van der Waals surface area contributed by atoms with Gasteiger partial charge in [0.15, 0.2) is 0 Å². The maximum atomic E-state index is 11.7. The zero-order valence-electron chi connectivity index (χ0n) is 9.90. The number of hydrogen-bond donors (Lipinski definition) is 2. The average Bonchev–Trinajstić information content (AvgIpc) is 3.07. The van der Waals surface area contributed by atoms with Crippen LogP contribution in [0.2, 0.25) is 0 Å². The standard InChI is InChI=1S/C13H17NO2S/c1-17-13(5-6-13)9-14-12(16)8-10-3-2-4-11(15)7-10/h2-4,7,15H,5-6,8-9H2,1H3,(H,14,16). The van der Waals surface area contributed by atoms with Gasteiger partial charge in [-0.05, 0) is 36.8 Å². The first-order chi connectivity index (χ1) is 8.13. The Morgan fingerprint density at radius 3 is 2.88 bits per heavy atom. The number of phenols is 1. The molecule has 2 N–H and O–H groups in total. The van der Waals surface area contributed by atoms with Crippen LogP contribution in [0.3, 0.4) is 0 Å². The van der Waals surface area contributed by atoms with Crippen LogP contribution >= 0.6 is 11.8 Å². The molecule has 3 nitrogen and oxygen atoms in total. The SMILES string of the molecule is CSC1(CNC(=O)Cc2cccc(O)c2)CC1. The lowest BCUT2D eigenvalue weighted by Gasteiger charge is -2.13. The Kier molecular flexibility index (Phi) is 3.62. The van der Waals surface area contributed by atoms with Gasteiger partial charge < -0.3 is 10.4 Å². The lowest BCUT2D eigenvalue weighted by molar-refractivity contribution is -0.120. The molecule has 1 aromatic carbocycles. The molecule has 0 aromatic heterocycles. The van der Waals surface area contributed by atoms with E-state index < -0.39 is 0 Å². The van der Waals surface area contributed by atoms with Crippen LogP contribution < -0.4 is 5.32 Å². The maximum Gasteiger partial charge on any atom is 0.224 e. The molecular formula is C13H17NO2S. The molecule has 2 rings (SSSR count). The topological polar surface area (TPSA) is 49.3 Å². The number of benzene rings is 1. The van der Waals surface area contributed by atoms with Gasteiger partial charge in [0.05, 0.1) is 6.42 Å². The molecule has 0 heterocycles. The Hall–Kier alpha value is -1.16. The molecule has 17 heavy (non-hydrogen) atoms. The molecular weight excluding hydrogens is 234 g/mol. The number of phenolic OH excluding ortho intramolecular Hbond substituents is 1. The monoisotopic (exact) mass is 251 g/mol. The summed E-state index contributed by atoms with van der Waals surface area (Å²) in [6, 6.07) is 6.83. The van der Waals surface area contributed by atoms with Crippen molar-refractivity contribution in [1.82, 2.24) is 5.32 Å². The van der Waals surface area contributed by atoms with Gasteiger partial charge in [0.1, 0.15) is 5.75 Å². The highest BCUT2D eigenvalue weighted by Gasteiger charge is 2.41. The zero-order valence-corrected chi connectivity index (χ0v) is 10.7. The molecule has 0 spiro atoms. The second-order valence-corrected chi connectivity index (χ2v) is 5.78. The Balaban J connectivity index is 1.81. The van der Waals surface area contributed by atoms with Crippen molar-refractivity contribution in [2.45, 2.75) is 24.0 Å².